The number of rotatable bonds is 4. The van der Waals surface area contributed by atoms with Crippen molar-refractivity contribution in [1.82, 2.24) is 9.55 Å². The lowest BCUT2D eigenvalue weighted by molar-refractivity contribution is -0.0154. The van der Waals surface area contributed by atoms with Crippen LogP contribution < -0.4 is 15.6 Å². The minimum absolute atomic E-state index is 0.0896. The quantitative estimate of drug-likeness (QED) is 0.484. The maximum atomic E-state index is 11.7. The highest BCUT2D eigenvalue weighted by Gasteiger charge is 2.42. The number of aromatic nitrogens is 2. The molecule has 0 radical (unpaired) electrons. The molecule has 112 valence electrons. The van der Waals surface area contributed by atoms with Crippen LogP contribution in [0.25, 0.3) is 0 Å². The molecule has 1 aromatic heterocycles. The average molecular weight is 287 g/mol. The second-order valence-electron chi connectivity index (χ2n) is 4.43. The Morgan fingerprint density at radius 3 is 2.75 bits per heavy atom. The van der Waals surface area contributed by atoms with Crippen molar-refractivity contribution >= 4 is 5.82 Å². The van der Waals surface area contributed by atoms with E-state index in [1.54, 1.807) is 0 Å². The summed E-state index contributed by atoms with van der Waals surface area (Å²) in [5, 5.41) is 31.1. The number of anilines is 1. The molecule has 4 unspecified atom stereocenters. The van der Waals surface area contributed by atoms with E-state index in [1.165, 1.54) is 24.8 Å². The maximum absolute atomic E-state index is 11.7. The molecule has 1 fully saturated rings. The molecule has 0 bridgehead atoms. The molecule has 2 rings (SSSR count). The Morgan fingerprint density at radius 2 is 2.20 bits per heavy atom. The van der Waals surface area contributed by atoms with Crippen LogP contribution >= 0.6 is 0 Å². The van der Waals surface area contributed by atoms with Crippen molar-refractivity contribution in [1.29, 1.82) is 0 Å². The van der Waals surface area contributed by atoms with Crippen molar-refractivity contribution in [2.24, 2.45) is 7.05 Å². The van der Waals surface area contributed by atoms with Crippen LogP contribution in [-0.2, 0) is 11.8 Å². The highest BCUT2D eigenvalue weighted by Crippen LogP contribution is 2.22. The summed E-state index contributed by atoms with van der Waals surface area (Å²) in [5.74, 6) is 0.139. The van der Waals surface area contributed by atoms with Crippen LogP contribution in [0.4, 0.5) is 5.82 Å². The van der Waals surface area contributed by atoms with E-state index in [2.05, 4.69) is 10.3 Å². The fourth-order valence-corrected chi connectivity index (χ4v) is 1.94. The minimum Gasteiger partial charge on any atom is -0.468 e. The van der Waals surface area contributed by atoms with Gasteiger partial charge in [0.15, 0.2) is 6.23 Å². The smallest absolute Gasteiger partial charge is 0.300 e. The van der Waals surface area contributed by atoms with Crippen LogP contribution in [0.15, 0.2) is 10.9 Å². The lowest BCUT2D eigenvalue weighted by Crippen LogP contribution is -2.37. The van der Waals surface area contributed by atoms with Crippen LogP contribution in [0.5, 0.6) is 6.01 Å². The van der Waals surface area contributed by atoms with Crippen LogP contribution in [0.2, 0.25) is 0 Å². The SMILES string of the molecule is COc1nc(NC2OC(CO)C(O)C2O)cc(=O)n1C. The fourth-order valence-electron chi connectivity index (χ4n) is 1.94. The first-order valence-corrected chi connectivity index (χ1v) is 5.99. The number of ether oxygens (including phenoxy) is 2. The topological polar surface area (TPSA) is 126 Å². The first kappa shape index (κ1) is 14.7. The van der Waals surface area contributed by atoms with Crippen molar-refractivity contribution in [2.45, 2.75) is 24.5 Å². The zero-order valence-electron chi connectivity index (χ0n) is 11.1. The molecular formula is C11H17N3O6. The molecule has 1 aliphatic heterocycles. The van der Waals surface area contributed by atoms with Gasteiger partial charge in [-0.05, 0) is 0 Å². The minimum atomic E-state index is -1.25. The maximum Gasteiger partial charge on any atom is 0.300 e. The van der Waals surface area contributed by atoms with Crippen molar-refractivity contribution < 1.29 is 24.8 Å². The van der Waals surface area contributed by atoms with E-state index in [0.717, 1.165) is 0 Å². The van der Waals surface area contributed by atoms with E-state index >= 15 is 0 Å². The molecule has 4 atom stereocenters. The second-order valence-corrected chi connectivity index (χ2v) is 4.43. The first-order chi connectivity index (χ1) is 9.47. The Hall–Kier alpha value is -1.68. The predicted octanol–water partition coefficient (Wildman–Crippen LogP) is -2.36. The van der Waals surface area contributed by atoms with E-state index < -0.39 is 31.1 Å². The molecule has 1 saturated heterocycles. The number of aliphatic hydroxyl groups excluding tert-OH is 3. The lowest BCUT2D eigenvalue weighted by atomic mass is 10.1. The van der Waals surface area contributed by atoms with Crippen LogP contribution in [-0.4, -0.2) is 63.1 Å². The summed E-state index contributed by atoms with van der Waals surface area (Å²) in [6.45, 7) is -0.427. The highest BCUT2D eigenvalue weighted by atomic mass is 16.6. The number of methoxy groups -OCH3 is 1. The van der Waals surface area contributed by atoms with Crippen molar-refractivity contribution in [3.8, 4) is 6.01 Å². The molecule has 0 saturated carbocycles. The molecule has 4 N–H and O–H groups in total. The molecule has 1 aromatic rings. The fraction of sp³-hybridized carbons (Fsp3) is 0.636. The van der Waals surface area contributed by atoms with Gasteiger partial charge in [-0.1, -0.05) is 0 Å². The van der Waals surface area contributed by atoms with Gasteiger partial charge in [-0.15, -0.1) is 0 Å². The first-order valence-electron chi connectivity index (χ1n) is 5.99. The van der Waals surface area contributed by atoms with Crippen LogP contribution in [0.3, 0.4) is 0 Å². The largest absolute Gasteiger partial charge is 0.468 e. The Kier molecular flexibility index (Phi) is 4.23. The molecule has 1 aliphatic rings. The molecule has 0 aromatic carbocycles. The van der Waals surface area contributed by atoms with Gasteiger partial charge in [0.1, 0.15) is 24.1 Å². The van der Waals surface area contributed by atoms with Crippen molar-refractivity contribution in [3.63, 3.8) is 0 Å². The number of nitrogens with one attached hydrogen (secondary N) is 1. The van der Waals surface area contributed by atoms with E-state index in [0.29, 0.717) is 0 Å². The van der Waals surface area contributed by atoms with Crippen molar-refractivity contribution in [2.75, 3.05) is 19.0 Å². The summed E-state index contributed by atoms with van der Waals surface area (Å²) in [4.78, 5) is 15.7. The Labute approximate surface area is 114 Å². The third-order valence-corrected chi connectivity index (χ3v) is 3.11. The molecule has 0 amide bonds. The van der Waals surface area contributed by atoms with E-state index in [1.807, 2.05) is 0 Å². The summed E-state index contributed by atoms with van der Waals surface area (Å²) < 4.78 is 11.4. The number of hydrogen-bond donors (Lipinski definition) is 4. The van der Waals surface area contributed by atoms with Gasteiger partial charge >= 0.3 is 6.01 Å². The zero-order chi connectivity index (χ0) is 14.9. The predicted molar refractivity (Wildman–Crippen MR) is 67.4 cm³/mol. The Balaban J connectivity index is 2.19. The van der Waals surface area contributed by atoms with E-state index in [9.17, 15) is 15.0 Å². The Morgan fingerprint density at radius 1 is 1.50 bits per heavy atom. The van der Waals surface area contributed by atoms with Gasteiger partial charge in [0, 0.05) is 13.1 Å². The van der Waals surface area contributed by atoms with E-state index in [4.69, 9.17) is 14.6 Å². The third-order valence-electron chi connectivity index (χ3n) is 3.11. The number of aliphatic hydroxyl groups is 3. The Bertz CT molecular complexity index is 533. The van der Waals surface area contributed by atoms with Gasteiger partial charge in [0.05, 0.1) is 13.7 Å². The molecule has 9 heteroatoms. The standard InChI is InChI=1S/C11H17N3O6/c1-14-7(16)3-6(13-11(14)19-2)12-10-9(18)8(17)5(4-15)20-10/h3,5,8-10,12,15,17-18H,4H2,1-2H3. The van der Waals surface area contributed by atoms with Gasteiger partial charge in [-0.3, -0.25) is 9.36 Å². The summed E-state index contributed by atoms with van der Waals surface area (Å²) in [7, 11) is 2.88. The highest BCUT2D eigenvalue weighted by molar-refractivity contribution is 5.36. The average Bonchev–Trinajstić information content (AvgIpc) is 2.70. The van der Waals surface area contributed by atoms with Gasteiger partial charge < -0.3 is 30.1 Å². The third kappa shape index (κ3) is 2.61. The van der Waals surface area contributed by atoms with Gasteiger partial charge in [-0.25, -0.2) is 0 Å². The lowest BCUT2D eigenvalue weighted by Gasteiger charge is -2.17. The van der Waals surface area contributed by atoms with Crippen molar-refractivity contribution in [3.05, 3.63) is 16.4 Å². The monoisotopic (exact) mass is 287 g/mol. The van der Waals surface area contributed by atoms with Gasteiger partial charge in [-0.2, -0.15) is 4.98 Å². The zero-order valence-corrected chi connectivity index (χ0v) is 11.1. The molecular weight excluding hydrogens is 270 g/mol. The molecule has 0 spiro atoms. The van der Waals surface area contributed by atoms with Gasteiger partial charge in [0.2, 0.25) is 0 Å². The van der Waals surface area contributed by atoms with Crippen LogP contribution in [0.1, 0.15) is 0 Å². The molecule has 20 heavy (non-hydrogen) atoms. The van der Waals surface area contributed by atoms with Gasteiger partial charge in [0.25, 0.3) is 5.56 Å². The normalized spacial score (nSPS) is 29.4. The summed E-state index contributed by atoms with van der Waals surface area (Å²) >= 11 is 0. The number of hydrogen-bond acceptors (Lipinski definition) is 8. The molecule has 2 heterocycles. The summed E-state index contributed by atoms with van der Waals surface area (Å²) in [6, 6.07) is 1.30. The molecule has 0 aliphatic carbocycles. The summed E-state index contributed by atoms with van der Waals surface area (Å²) in [6.07, 6.45) is -4.34. The number of nitrogens with zero attached hydrogens (tertiary/aromatic N) is 2. The van der Waals surface area contributed by atoms with Crippen LogP contribution in [0, 0.1) is 0 Å². The molecule has 9 nitrogen and oxygen atoms in total. The van der Waals surface area contributed by atoms with E-state index in [-0.39, 0.29) is 17.4 Å². The summed E-state index contributed by atoms with van der Waals surface area (Å²) in [5.41, 5.74) is -0.355. The second kappa shape index (κ2) is 5.75.